The third kappa shape index (κ3) is 2.90. The average Bonchev–Trinajstić information content (AvgIpc) is 2.78. The standard InChI is InChI=1S/C29H26N/c1-4-22-18-20(2)28(21(3)19-22)29-24-14-8-10-16-26(24)30(23-12-6-5-7-13-23)27-17-11-9-15-25(27)29/h5-19H,4H2,1-3H3/q+1. The van der Waals surface area contributed by atoms with Crippen LogP contribution in [0.3, 0.4) is 0 Å². The van der Waals surface area contributed by atoms with E-state index in [0.717, 1.165) is 6.42 Å². The number of pyridine rings is 1. The Morgan fingerprint density at radius 1 is 0.600 bits per heavy atom. The van der Waals surface area contributed by atoms with Gasteiger partial charge in [-0.05, 0) is 54.7 Å². The minimum atomic E-state index is 1.06. The molecule has 0 N–H and O–H groups in total. The highest BCUT2D eigenvalue weighted by Crippen LogP contribution is 2.38. The van der Waals surface area contributed by atoms with Gasteiger partial charge in [-0.15, -0.1) is 0 Å². The summed E-state index contributed by atoms with van der Waals surface area (Å²) in [6.07, 6.45) is 1.06. The fraction of sp³-hybridized carbons (Fsp3) is 0.138. The Kier molecular flexibility index (Phi) is 4.59. The van der Waals surface area contributed by atoms with E-state index >= 15 is 0 Å². The summed E-state index contributed by atoms with van der Waals surface area (Å²) in [5, 5.41) is 2.58. The quantitative estimate of drug-likeness (QED) is 0.229. The van der Waals surface area contributed by atoms with Crippen LogP contribution in [0.4, 0.5) is 0 Å². The van der Waals surface area contributed by atoms with Gasteiger partial charge in [-0.3, -0.25) is 0 Å². The fourth-order valence-electron chi connectivity index (χ4n) is 4.81. The number of rotatable bonds is 3. The molecule has 0 saturated carbocycles. The van der Waals surface area contributed by atoms with E-state index in [1.165, 1.54) is 55.3 Å². The van der Waals surface area contributed by atoms with Crippen LogP contribution in [0, 0.1) is 13.8 Å². The second-order valence-corrected chi connectivity index (χ2v) is 8.04. The molecule has 0 radical (unpaired) electrons. The average molecular weight is 389 g/mol. The first kappa shape index (κ1) is 18.6. The minimum absolute atomic E-state index is 1.06. The zero-order chi connectivity index (χ0) is 20.7. The lowest BCUT2D eigenvalue weighted by atomic mass is 9.88. The molecule has 0 atom stereocenters. The lowest BCUT2D eigenvalue weighted by Crippen LogP contribution is -2.33. The first-order chi connectivity index (χ1) is 14.7. The molecule has 0 aliphatic rings. The van der Waals surface area contributed by atoms with Crippen molar-refractivity contribution in [1.82, 2.24) is 0 Å². The predicted molar refractivity (Wildman–Crippen MR) is 127 cm³/mol. The number of fused-ring (bicyclic) bond motifs is 2. The number of benzene rings is 4. The van der Waals surface area contributed by atoms with Crippen LogP contribution in [0.25, 0.3) is 38.6 Å². The third-order valence-electron chi connectivity index (χ3n) is 6.09. The predicted octanol–water partition coefficient (Wildman–Crippen LogP) is 7.12. The number of hydrogen-bond donors (Lipinski definition) is 0. The van der Waals surface area contributed by atoms with E-state index in [2.05, 4.69) is 116 Å². The Labute approximate surface area is 178 Å². The summed E-state index contributed by atoms with van der Waals surface area (Å²) < 4.78 is 2.39. The Hall–Kier alpha value is -3.45. The molecule has 0 fully saturated rings. The highest BCUT2D eigenvalue weighted by atomic mass is 15.0. The van der Waals surface area contributed by atoms with Gasteiger partial charge in [0, 0.05) is 29.8 Å². The van der Waals surface area contributed by atoms with Crippen LogP contribution in [0.15, 0.2) is 91.0 Å². The lowest BCUT2D eigenvalue weighted by molar-refractivity contribution is -0.537. The van der Waals surface area contributed by atoms with Gasteiger partial charge in [-0.1, -0.05) is 61.5 Å². The lowest BCUT2D eigenvalue weighted by Gasteiger charge is -2.17. The number of hydrogen-bond acceptors (Lipinski definition) is 0. The van der Waals surface area contributed by atoms with E-state index in [-0.39, 0.29) is 0 Å². The fourth-order valence-corrected chi connectivity index (χ4v) is 4.81. The highest BCUT2D eigenvalue weighted by molar-refractivity contribution is 6.08. The van der Waals surface area contributed by atoms with Gasteiger partial charge in [0.05, 0.1) is 10.8 Å². The Morgan fingerprint density at radius 3 is 1.63 bits per heavy atom. The van der Waals surface area contributed by atoms with Crippen LogP contribution < -0.4 is 4.57 Å². The summed E-state index contributed by atoms with van der Waals surface area (Å²) in [7, 11) is 0. The SMILES string of the molecule is CCc1cc(C)c(-c2c3ccccc3[n+](-c3ccccc3)c3ccccc23)c(C)c1. The van der Waals surface area contributed by atoms with Gasteiger partial charge in [-0.2, -0.15) is 4.57 Å². The van der Waals surface area contributed by atoms with Crippen LogP contribution in [0.5, 0.6) is 0 Å². The zero-order valence-electron chi connectivity index (χ0n) is 17.8. The molecule has 0 aliphatic heterocycles. The van der Waals surface area contributed by atoms with Gasteiger partial charge in [0.2, 0.25) is 16.7 Å². The molecule has 1 heterocycles. The molecular formula is C29H26N+. The molecular weight excluding hydrogens is 362 g/mol. The molecule has 5 rings (SSSR count). The van der Waals surface area contributed by atoms with Crippen molar-refractivity contribution in [3.8, 4) is 16.8 Å². The molecule has 1 aromatic heterocycles. The van der Waals surface area contributed by atoms with Gasteiger partial charge in [0.1, 0.15) is 0 Å². The van der Waals surface area contributed by atoms with E-state index in [1.807, 2.05) is 0 Å². The monoisotopic (exact) mass is 388 g/mol. The topological polar surface area (TPSA) is 3.88 Å². The van der Waals surface area contributed by atoms with Crippen molar-refractivity contribution in [1.29, 1.82) is 0 Å². The summed E-state index contributed by atoms with van der Waals surface area (Å²) in [6.45, 7) is 6.73. The number of aromatic nitrogens is 1. The Bertz CT molecular complexity index is 1300. The summed E-state index contributed by atoms with van der Waals surface area (Å²) in [6, 6.07) is 33.0. The van der Waals surface area contributed by atoms with Crippen molar-refractivity contribution in [2.45, 2.75) is 27.2 Å². The highest BCUT2D eigenvalue weighted by Gasteiger charge is 2.24. The summed E-state index contributed by atoms with van der Waals surface area (Å²) >= 11 is 0. The number of nitrogens with zero attached hydrogens (tertiary/aromatic N) is 1. The third-order valence-corrected chi connectivity index (χ3v) is 6.09. The number of aryl methyl sites for hydroxylation is 3. The normalized spacial score (nSPS) is 11.3. The second kappa shape index (κ2) is 7.42. The maximum absolute atomic E-state index is 2.39. The molecule has 0 bridgehead atoms. The van der Waals surface area contributed by atoms with E-state index in [9.17, 15) is 0 Å². The van der Waals surface area contributed by atoms with Crippen molar-refractivity contribution in [2.75, 3.05) is 0 Å². The number of para-hydroxylation sites is 3. The molecule has 1 nitrogen and oxygen atoms in total. The van der Waals surface area contributed by atoms with Gasteiger partial charge < -0.3 is 0 Å². The van der Waals surface area contributed by atoms with Crippen molar-refractivity contribution < 1.29 is 4.57 Å². The van der Waals surface area contributed by atoms with E-state index in [0.29, 0.717) is 0 Å². The van der Waals surface area contributed by atoms with Crippen molar-refractivity contribution >= 4 is 21.8 Å². The van der Waals surface area contributed by atoms with E-state index in [4.69, 9.17) is 0 Å². The van der Waals surface area contributed by atoms with Gasteiger partial charge in [-0.25, -0.2) is 0 Å². The zero-order valence-corrected chi connectivity index (χ0v) is 17.8. The molecule has 0 spiro atoms. The summed E-state index contributed by atoms with van der Waals surface area (Å²) in [4.78, 5) is 0. The van der Waals surface area contributed by atoms with Crippen molar-refractivity contribution in [3.05, 3.63) is 108 Å². The van der Waals surface area contributed by atoms with Crippen LogP contribution >= 0.6 is 0 Å². The van der Waals surface area contributed by atoms with Crippen LogP contribution in [0.1, 0.15) is 23.6 Å². The van der Waals surface area contributed by atoms with Crippen molar-refractivity contribution in [2.24, 2.45) is 0 Å². The van der Waals surface area contributed by atoms with E-state index < -0.39 is 0 Å². The molecule has 30 heavy (non-hydrogen) atoms. The molecule has 4 aromatic carbocycles. The molecule has 146 valence electrons. The van der Waals surface area contributed by atoms with E-state index in [1.54, 1.807) is 0 Å². The van der Waals surface area contributed by atoms with Crippen LogP contribution in [0.2, 0.25) is 0 Å². The summed E-state index contributed by atoms with van der Waals surface area (Å²) in [5.74, 6) is 0. The van der Waals surface area contributed by atoms with Gasteiger partial charge in [0.15, 0.2) is 0 Å². The van der Waals surface area contributed by atoms with Crippen LogP contribution in [-0.2, 0) is 6.42 Å². The first-order valence-electron chi connectivity index (χ1n) is 10.7. The molecule has 0 saturated heterocycles. The Morgan fingerprint density at radius 2 is 1.10 bits per heavy atom. The maximum Gasteiger partial charge on any atom is 0.219 e. The molecule has 1 heteroatoms. The van der Waals surface area contributed by atoms with Gasteiger partial charge >= 0.3 is 0 Å². The minimum Gasteiger partial charge on any atom is -0.153 e. The Balaban J connectivity index is 1.99. The molecule has 0 aliphatic carbocycles. The maximum atomic E-state index is 2.39. The smallest absolute Gasteiger partial charge is 0.153 e. The largest absolute Gasteiger partial charge is 0.219 e. The molecule has 5 aromatic rings. The summed E-state index contributed by atoms with van der Waals surface area (Å²) in [5.41, 5.74) is 10.4. The molecule has 0 amide bonds. The van der Waals surface area contributed by atoms with Gasteiger partial charge in [0.25, 0.3) is 0 Å². The second-order valence-electron chi connectivity index (χ2n) is 8.04. The van der Waals surface area contributed by atoms with Crippen LogP contribution in [-0.4, -0.2) is 0 Å². The first-order valence-corrected chi connectivity index (χ1v) is 10.7. The molecule has 0 unspecified atom stereocenters. The van der Waals surface area contributed by atoms with Crippen molar-refractivity contribution in [3.63, 3.8) is 0 Å².